The molecule has 4 rings (SSSR count). The molecule has 0 saturated carbocycles. The van der Waals surface area contributed by atoms with Crippen molar-refractivity contribution in [2.75, 3.05) is 13.3 Å². The van der Waals surface area contributed by atoms with E-state index in [1.165, 1.54) is 0 Å². The summed E-state index contributed by atoms with van der Waals surface area (Å²) in [5.41, 5.74) is 0.955. The van der Waals surface area contributed by atoms with Gasteiger partial charge in [-0.05, 0) is 43.0 Å². The molecule has 2 aliphatic rings. The number of nitrogens with one attached hydrogen (secondary N) is 1. The molecule has 2 amide bonds. The number of furan rings is 1. The van der Waals surface area contributed by atoms with Gasteiger partial charge in [0.15, 0.2) is 11.5 Å². The number of benzene rings is 1. The number of carbonyl (C=O) groups excluding carboxylic acids is 2. The zero-order chi connectivity index (χ0) is 18.6. The maximum atomic E-state index is 12.7. The summed E-state index contributed by atoms with van der Waals surface area (Å²) in [4.78, 5) is 26.9. The molecule has 0 radical (unpaired) electrons. The number of carbonyl (C=O) groups is 2. The van der Waals surface area contributed by atoms with Gasteiger partial charge in [-0.3, -0.25) is 9.59 Å². The van der Waals surface area contributed by atoms with Crippen molar-refractivity contribution < 1.29 is 23.5 Å². The Morgan fingerprint density at radius 1 is 1.19 bits per heavy atom. The van der Waals surface area contributed by atoms with Crippen LogP contribution < -0.4 is 14.8 Å². The molecule has 1 N–H and O–H groups in total. The molecule has 7 heteroatoms. The van der Waals surface area contributed by atoms with E-state index in [0.29, 0.717) is 38.1 Å². The van der Waals surface area contributed by atoms with Gasteiger partial charge in [0, 0.05) is 13.0 Å². The van der Waals surface area contributed by atoms with E-state index < -0.39 is 6.04 Å². The van der Waals surface area contributed by atoms with Gasteiger partial charge in [-0.2, -0.15) is 0 Å². The average molecular weight is 370 g/mol. The lowest BCUT2D eigenvalue weighted by Crippen LogP contribution is -2.45. The minimum atomic E-state index is -0.409. The van der Waals surface area contributed by atoms with Gasteiger partial charge in [0.2, 0.25) is 18.6 Å². The summed E-state index contributed by atoms with van der Waals surface area (Å²) in [5, 5.41) is 2.86. The van der Waals surface area contributed by atoms with Gasteiger partial charge in [-0.1, -0.05) is 12.1 Å². The van der Waals surface area contributed by atoms with Crippen molar-refractivity contribution in [2.24, 2.45) is 0 Å². The SMILES string of the molecule is O=C(NCc1ccco1)C1CCCN1C(=O)CCc1cccc2c1OCO2. The Labute approximate surface area is 157 Å². The number of hydrogen-bond donors (Lipinski definition) is 1. The predicted molar refractivity (Wildman–Crippen MR) is 96.2 cm³/mol. The fraction of sp³-hybridized carbons (Fsp3) is 0.400. The first-order chi connectivity index (χ1) is 13.2. The first kappa shape index (κ1) is 17.5. The third kappa shape index (κ3) is 3.77. The average Bonchev–Trinajstić information content (AvgIpc) is 3.44. The molecule has 0 spiro atoms. The molecule has 1 fully saturated rings. The molecule has 1 aromatic carbocycles. The lowest BCUT2D eigenvalue weighted by molar-refractivity contribution is -0.138. The Morgan fingerprint density at radius 3 is 2.96 bits per heavy atom. The molecule has 2 aromatic rings. The molecule has 27 heavy (non-hydrogen) atoms. The summed E-state index contributed by atoms with van der Waals surface area (Å²) < 4.78 is 16.1. The van der Waals surface area contributed by atoms with Crippen LogP contribution in [0.4, 0.5) is 0 Å². The first-order valence-corrected chi connectivity index (χ1v) is 9.19. The molecule has 3 heterocycles. The third-order valence-electron chi connectivity index (χ3n) is 4.98. The van der Waals surface area contributed by atoms with Crippen LogP contribution in [0, 0.1) is 0 Å². The van der Waals surface area contributed by atoms with Crippen LogP contribution in [-0.2, 0) is 22.6 Å². The van der Waals surface area contributed by atoms with Crippen LogP contribution in [0.15, 0.2) is 41.0 Å². The van der Waals surface area contributed by atoms with E-state index in [1.807, 2.05) is 24.3 Å². The molecule has 142 valence electrons. The zero-order valence-electron chi connectivity index (χ0n) is 15.0. The van der Waals surface area contributed by atoms with Gasteiger partial charge in [0.1, 0.15) is 11.8 Å². The van der Waals surface area contributed by atoms with E-state index in [0.717, 1.165) is 23.5 Å². The van der Waals surface area contributed by atoms with Gasteiger partial charge in [-0.15, -0.1) is 0 Å². The minimum absolute atomic E-state index is 0.0119. The van der Waals surface area contributed by atoms with Crippen molar-refractivity contribution in [3.63, 3.8) is 0 Å². The Kier molecular flexibility index (Phi) is 5.00. The van der Waals surface area contributed by atoms with Gasteiger partial charge in [0.05, 0.1) is 12.8 Å². The first-order valence-electron chi connectivity index (χ1n) is 9.19. The lowest BCUT2D eigenvalue weighted by atomic mass is 10.1. The Bertz CT molecular complexity index is 818. The van der Waals surface area contributed by atoms with Crippen LogP contribution in [0.1, 0.15) is 30.6 Å². The van der Waals surface area contributed by atoms with Crippen LogP contribution in [0.25, 0.3) is 0 Å². The molecular weight excluding hydrogens is 348 g/mol. The van der Waals surface area contributed by atoms with E-state index in [1.54, 1.807) is 17.2 Å². The Balaban J connectivity index is 1.33. The summed E-state index contributed by atoms with van der Waals surface area (Å²) in [7, 11) is 0. The van der Waals surface area contributed by atoms with Crippen LogP contribution in [0.5, 0.6) is 11.5 Å². The second-order valence-corrected chi connectivity index (χ2v) is 6.69. The fourth-order valence-electron chi connectivity index (χ4n) is 3.62. The summed E-state index contributed by atoms with van der Waals surface area (Å²) in [5.74, 6) is 1.99. The quantitative estimate of drug-likeness (QED) is 0.844. The fourth-order valence-corrected chi connectivity index (χ4v) is 3.62. The normalized spacial score (nSPS) is 17.9. The van der Waals surface area contributed by atoms with E-state index in [2.05, 4.69) is 5.32 Å². The number of likely N-dealkylation sites (tertiary alicyclic amines) is 1. The van der Waals surface area contributed by atoms with Crippen molar-refractivity contribution >= 4 is 11.8 Å². The molecule has 1 atom stereocenters. The molecule has 1 unspecified atom stereocenters. The maximum absolute atomic E-state index is 12.7. The van der Waals surface area contributed by atoms with Crippen molar-refractivity contribution in [2.45, 2.75) is 38.3 Å². The lowest BCUT2D eigenvalue weighted by Gasteiger charge is -2.24. The van der Waals surface area contributed by atoms with Gasteiger partial charge >= 0.3 is 0 Å². The topological polar surface area (TPSA) is 81.0 Å². The van der Waals surface area contributed by atoms with E-state index in [-0.39, 0.29) is 18.6 Å². The van der Waals surface area contributed by atoms with Gasteiger partial charge < -0.3 is 24.1 Å². The minimum Gasteiger partial charge on any atom is -0.467 e. The Morgan fingerprint density at radius 2 is 2.11 bits per heavy atom. The van der Waals surface area contributed by atoms with Crippen molar-refractivity contribution in [1.29, 1.82) is 0 Å². The number of amides is 2. The molecule has 0 aliphatic carbocycles. The highest BCUT2D eigenvalue weighted by atomic mass is 16.7. The highest BCUT2D eigenvalue weighted by Crippen LogP contribution is 2.36. The molecule has 1 aromatic heterocycles. The van der Waals surface area contributed by atoms with E-state index >= 15 is 0 Å². The van der Waals surface area contributed by atoms with Crippen molar-refractivity contribution in [3.05, 3.63) is 47.9 Å². The van der Waals surface area contributed by atoms with Crippen molar-refractivity contribution in [3.8, 4) is 11.5 Å². The second kappa shape index (κ2) is 7.73. The molecule has 7 nitrogen and oxygen atoms in total. The number of para-hydroxylation sites is 1. The molecular formula is C20H22N2O5. The van der Waals surface area contributed by atoms with Crippen LogP contribution in [0.3, 0.4) is 0 Å². The standard InChI is InChI=1S/C20H22N2O5/c23-18(9-8-14-4-1-7-17-19(14)27-13-26-17)22-10-2-6-16(22)20(24)21-12-15-5-3-11-25-15/h1,3-5,7,11,16H,2,6,8-10,12-13H2,(H,21,24). The summed E-state index contributed by atoms with van der Waals surface area (Å²) in [6.45, 7) is 1.16. The number of rotatable bonds is 6. The molecule has 0 bridgehead atoms. The highest BCUT2D eigenvalue weighted by molar-refractivity contribution is 5.88. The second-order valence-electron chi connectivity index (χ2n) is 6.69. The number of aryl methyl sites for hydroxylation is 1. The summed E-state index contributed by atoms with van der Waals surface area (Å²) in [6.07, 6.45) is 3.99. The highest BCUT2D eigenvalue weighted by Gasteiger charge is 2.33. The van der Waals surface area contributed by atoms with Crippen LogP contribution in [-0.4, -0.2) is 36.1 Å². The van der Waals surface area contributed by atoms with Gasteiger partial charge in [0.25, 0.3) is 0 Å². The zero-order valence-corrected chi connectivity index (χ0v) is 15.0. The predicted octanol–water partition coefficient (Wildman–Crippen LogP) is 2.25. The number of fused-ring (bicyclic) bond motifs is 1. The number of nitrogens with zero attached hydrogens (tertiary/aromatic N) is 1. The third-order valence-corrected chi connectivity index (χ3v) is 4.98. The number of ether oxygens (including phenoxy) is 2. The molecule has 2 aliphatic heterocycles. The van der Waals surface area contributed by atoms with Crippen LogP contribution in [0.2, 0.25) is 0 Å². The monoisotopic (exact) mass is 370 g/mol. The van der Waals surface area contributed by atoms with E-state index in [9.17, 15) is 9.59 Å². The van der Waals surface area contributed by atoms with Gasteiger partial charge in [-0.25, -0.2) is 0 Å². The Hall–Kier alpha value is -2.96. The summed E-state index contributed by atoms with van der Waals surface area (Å²) >= 11 is 0. The van der Waals surface area contributed by atoms with Crippen LogP contribution >= 0.6 is 0 Å². The molecule has 1 saturated heterocycles. The van der Waals surface area contributed by atoms with E-state index in [4.69, 9.17) is 13.9 Å². The smallest absolute Gasteiger partial charge is 0.243 e. The summed E-state index contributed by atoms with van der Waals surface area (Å²) in [6, 6.07) is 8.87. The van der Waals surface area contributed by atoms with Crippen molar-refractivity contribution in [1.82, 2.24) is 10.2 Å². The maximum Gasteiger partial charge on any atom is 0.243 e. The largest absolute Gasteiger partial charge is 0.467 e. The number of hydrogen-bond acceptors (Lipinski definition) is 5.